The van der Waals surface area contributed by atoms with Crippen molar-refractivity contribution in [3.05, 3.63) is 71.2 Å². The molecule has 0 spiro atoms. The highest BCUT2D eigenvalue weighted by Crippen LogP contribution is 2.36. The lowest BCUT2D eigenvalue weighted by Crippen LogP contribution is -2.50. The summed E-state index contributed by atoms with van der Waals surface area (Å²) in [6, 6.07) is 16.1. The molecule has 1 aliphatic rings. The molecule has 0 aromatic heterocycles. The fourth-order valence-electron chi connectivity index (χ4n) is 3.98. The van der Waals surface area contributed by atoms with E-state index < -0.39 is 37.8 Å². The fraction of sp³-hybridized carbons (Fsp3) is 0.333. The molecule has 1 N–H and O–H groups in total. The van der Waals surface area contributed by atoms with Gasteiger partial charge in [0.15, 0.2) is 0 Å². The second kappa shape index (κ2) is 10.3. The molecule has 1 saturated heterocycles. The lowest BCUT2D eigenvalue weighted by molar-refractivity contribution is -0.137. The van der Waals surface area contributed by atoms with Gasteiger partial charge in [0.1, 0.15) is 18.5 Å². The Morgan fingerprint density at radius 2 is 1.66 bits per heavy atom. The van der Waals surface area contributed by atoms with Crippen LogP contribution in [0, 0.1) is 0 Å². The van der Waals surface area contributed by atoms with E-state index in [1.54, 1.807) is 0 Å². The molecule has 0 radical (unpaired) electrons. The van der Waals surface area contributed by atoms with Gasteiger partial charge in [-0.05, 0) is 41.1 Å². The molecule has 3 aromatic carbocycles. The summed E-state index contributed by atoms with van der Waals surface area (Å²) in [5.74, 6) is 0.639. The summed E-state index contributed by atoms with van der Waals surface area (Å²) in [6.07, 6.45) is -5.55. The zero-order valence-corrected chi connectivity index (χ0v) is 20.2. The molecule has 4 rings (SSSR count). The first kappa shape index (κ1) is 25.7. The number of hydrogen-bond donors (Lipinski definition) is 1. The van der Waals surface area contributed by atoms with E-state index in [9.17, 15) is 26.7 Å². The van der Waals surface area contributed by atoms with Crippen molar-refractivity contribution < 1.29 is 31.4 Å². The number of nitrogens with zero attached hydrogens (tertiary/aromatic N) is 2. The van der Waals surface area contributed by atoms with Gasteiger partial charge < -0.3 is 9.84 Å². The molecule has 35 heavy (non-hydrogen) atoms. The summed E-state index contributed by atoms with van der Waals surface area (Å²) >= 11 is 5.61. The van der Waals surface area contributed by atoms with E-state index in [1.165, 1.54) is 0 Å². The van der Waals surface area contributed by atoms with Gasteiger partial charge in [0, 0.05) is 32.7 Å². The van der Waals surface area contributed by atoms with E-state index in [4.69, 9.17) is 16.3 Å². The average molecular weight is 529 g/mol. The van der Waals surface area contributed by atoms with Crippen molar-refractivity contribution in [1.29, 1.82) is 0 Å². The number of sulfonamides is 1. The second-order valence-electron chi connectivity index (χ2n) is 8.32. The van der Waals surface area contributed by atoms with Crippen LogP contribution in [0.4, 0.5) is 13.2 Å². The number of hydrogen-bond acceptors (Lipinski definition) is 5. The Labute approximate surface area is 206 Å². The van der Waals surface area contributed by atoms with E-state index in [1.807, 2.05) is 47.4 Å². The second-order valence-corrected chi connectivity index (χ2v) is 10.7. The van der Waals surface area contributed by atoms with Gasteiger partial charge in [-0.2, -0.15) is 17.5 Å². The van der Waals surface area contributed by atoms with E-state index in [2.05, 4.69) is 0 Å². The molecule has 0 amide bonds. The maximum absolute atomic E-state index is 13.1. The van der Waals surface area contributed by atoms with Crippen LogP contribution >= 0.6 is 11.6 Å². The van der Waals surface area contributed by atoms with Crippen molar-refractivity contribution in [3.8, 4) is 5.75 Å². The first-order valence-electron chi connectivity index (χ1n) is 10.9. The van der Waals surface area contributed by atoms with Crippen LogP contribution in [0.15, 0.2) is 65.6 Å². The van der Waals surface area contributed by atoms with Crippen LogP contribution in [0.25, 0.3) is 10.8 Å². The minimum absolute atomic E-state index is 0.0713. The molecular formula is C24H24ClF3N2O4S. The van der Waals surface area contributed by atoms with Gasteiger partial charge in [0.25, 0.3) is 0 Å². The minimum Gasteiger partial charge on any atom is -0.491 e. The summed E-state index contributed by atoms with van der Waals surface area (Å²) < 4.78 is 72.0. The predicted octanol–water partition coefficient (Wildman–Crippen LogP) is 4.26. The lowest BCUT2D eigenvalue weighted by Gasteiger charge is -2.35. The van der Waals surface area contributed by atoms with Crippen LogP contribution in [0.2, 0.25) is 5.02 Å². The number of piperazine rings is 1. The number of fused-ring (bicyclic) bond motifs is 1. The Bertz CT molecular complexity index is 1300. The molecule has 1 fully saturated rings. The number of halogens is 4. The van der Waals surface area contributed by atoms with E-state index in [0.717, 1.165) is 27.2 Å². The molecule has 0 bridgehead atoms. The normalized spacial score (nSPS) is 16.9. The highest BCUT2D eigenvalue weighted by molar-refractivity contribution is 7.89. The van der Waals surface area contributed by atoms with Gasteiger partial charge in [-0.1, -0.05) is 41.9 Å². The topological polar surface area (TPSA) is 70.1 Å². The first-order chi connectivity index (χ1) is 16.5. The Balaban J connectivity index is 1.31. The summed E-state index contributed by atoms with van der Waals surface area (Å²) in [7, 11) is -4.12. The fourth-order valence-corrected chi connectivity index (χ4v) is 5.66. The van der Waals surface area contributed by atoms with E-state index in [-0.39, 0.29) is 26.2 Å². The third-order valence-electron chi connectivity index (χ3n) is 5.84. The lowest BCUT2D eigenvalue weighted by atomic mass is 10.1. The monoisotopic (exact) mass is 528 g/mol. The Kier molecular flexibility index (Phi) is 7.58. The Hall–Kier alpha value is -2.37. The molecule has 0 aliphatic carbocycles. The van der Waals surface area contributed by atoms with Crippen molar-refractivity contribution in [2.24, 2.45) is 0 Å². The zero-order valence-electron chi connectivity index (χ0n) is 18.6. The highest BCUT2D eigenvalue weighted by atomic mass is 35.5. The number of alkyl halides is 3. The van der Waals surface area contributed by atoms with Crippen LogP contribution in [0.1, 0.15) is 5.56 Å². The van der Waals surface area contributed by atoms with Crippen molar-refractivity contribution in [2.45, 2.75) is 17.2 Å². The maximum atomic E-state index is 13.1. The summed E-state index contributed by atoms with van der Waals surface area (Å²) in [6.45, 7) is 1.18. The van der Waals surface area contributed by atoms with Crippen LogP contribution in [-0.2, 0) is 16.2 Å². The van der Waals surface area contributed by atoms with Crippen LogP contribution in [-0.4, -0.2) is 68.2 Å². The van der Waals surface area contributed by atoms with Gasteiger partial charge >= 0.3 is 6.18 Å². The van der Waals surface area contributed by atoms with Crippen molar-refractivity contribution in [2.75, 3.05) is 39.3 Å². The quantitative estimate of drug-likeness (QED) is 0.496. The standard InChI is InChI=1S/C24H24ClF3N2O4S/c25-23-8-7-21(14-22(23)24(26,27)28)35(32,33)30-11-9-29(10-12-30)15-19(31)16-34-20-6-5-17-3-1-2-4-18(17)13-20/h1-8,13-14,19,31H,9-12,15-16H2/t19-/m0/s1. The smallest absolute Gasteiger partial charge is 0.417 e. The molecule has 0 unspecified atom stereocenters. The van der Waals surface area contributed by atoms with Crippen LogP contribution < -0.4 is 4.74 Å². The maximum Gasteiger partial charge on any atom is 0.417 e. The number of benzene rings is 3. The van der Waals surface area contributed by atoms with Crippen molar-refractivity contribution in [1.82, 2.24) is 9.21 Å². The third kappa shape index (κ3) is 6.07. The Morgan fingerprint density at radius 3 is 2.34 bits per heavy atom. The van der Waals surface area contributed by atoms with E-state index in [0.29, 0.717) is 24.9 Å². The molecular weight excluding hydrogens is 505 g/mol. The number of β-amino-alcohol motifs (C(OH)–C–C–N with tert-alkyl or cyclic N) is 1. The molecule has 188 valence electrons. The van der Waals surface area contributed by atoms with Gasteiger partial charge in [0.05, 0.1) is 15.5 Å². The number of rotatable bonds is 7. The van der Waals surface area contributed by atoms with Crippen LogP contribution in [0.5, 0.6) is 5.75 Å². The minimum atomic E-state index is -4.76. The molecule has 3 aromatic rings. The number of ether oxygens (including phenoxy) is 1. The first-order valence-corrected chi connectivity index (χ1v) is 12.7. The molecule has 11 heteroatoms. The van der Waals surface area contributed by atoms with Gasteiger partial charge in [-0.3, -0.25) is 4.90 Å². The average Bonchev–Trinajstić information content (AvgIpc) is 2.82. The summed E-state index contributed by atoms with van der Waals surface area (Å²) in [4.78, 5) is 1.44. The van der Waals surface area contributed by atoms with Gasteiger partial charge in [0.2, 0.25) is 10.0 Å². The van der Waals surface area contributed by atoms with Gasteiger partial charge in [-0.15, -0.1) is 0 Å². The third-order valence-corrected chi connectivity index (χ3v) is 8.07. The van der Waals surface area contributed by atoms with E-state index >= 15 is 0 Å². The largest absolute Gasteiger partial charge is 0.491 e. The molecule has 1 atom stereocenters. The van der Waals surface area contributed by atoms with Crippen molar-refractivity contribution in [3.63, 3.8) is 0 Å². The highest BCUT2D eigenvalue weighted by Gasteiger charge is 2.36. The molecule has 1 heterocycles. The predicted molar refractivity (Wildman–Crippen MR) is 127 cm³/mol. The number of aliphatic hydroxyl groups is 1. The summed E-state index contributed by atoms with van der Waals surface area (Å²) in [5, 5.41) is 12.0. The van der Waals surface area contributed by atoms with Crippen molar-refractivity contribution >= 4 is 32.4 Å². The SMILES string of the molecule is O=S(=O)(c1ccc(Cl)c(C(F)(F)F)c1)N1CCN(C[C@H](O)COc2ccc3ccccc3c2)CC1. The van der Waals surface area contributed by atoms with Gasteiger partial charge in [-0.25, -0.2) is 8.42 Å². The zero-order chi connectivity index (χ0) is 25.2. The van der Waals surface area contributed by atoms with Crippen LogP contribution in [0.3, 0.4) is 0 Å². The number of aliphatic hydroxyl groups excluding tert-OH is 1. The molecule has 6 nitrogen and oxygen atoms in total. The Morgan fingerprint density at radius 1 is 0.971 bits per heavy atom. The molecule has 1 aliphatic heterocycles. The summed E-state index contributed by atoms with van der Waals surface area (Å²) in [5.41, 5.74) is -1.19. The molecule has 0 saturated carbocycles.